The number of carbonyl (C=O) groups excluding carboxylic acids is 1. The van der Waals surface area contributed by atoms with Crippen molar-refractivity contribution < 1.29 is 19.6 Å². The van der Waals surface area contributed by atoms with Gasteiger partial charge in [0.2, 0.25) is 0 Å². The van der Waals surface area contributed by atoms with Gasteiger partial charge in [-0.2, -0.15) is 0 Å². The summed E-state index contributed by atoms with van der Waals surface area (Å²) >= 11 is 0. The van der Waals surface area contributed by atoms with E-state index in [-0.39, 0.29) is 6.09 Å². The molecule has 5 nitrogen and oxygen atoms in total. The van der Waals surface area contributed by atoms with Crippen LogP contribution in [0.25, 0.3) is 0 Å². The molecule has 0 unspecified atom stereocenters. The molecule has 0 aromatic carbocycles. The smallest absolute Gasteiger partial charge is 0.444 e. The molecule has 1 saturated heterocycles. The van der Waals surface area contributed by atoms with Crippen LogP contribution in [0, 0.1) is 0 Å². The van der Waals surface area contributed by atoms with Crippen molar-refractivity contribution >= 4 is 13.2 Å². The molecule has 0 saturated carbocycles. The first-order valence-electron chi connectivity index (χ1n) is 6.81. The molecule has 1 rings (SSSR count). The standard InChI is InChI=1S/C13H24BNO4/c1-13(2,3)19-12(16)15-8-5-4-6-11(7-9-15)10-14(17)18/h10,17-18H,4-9H2,1-3H3/b11-10+. The molecule has 0 aromatic rings. The van der Waals surface area contributed by atoms with Crippen LogP contribution in [0.2, 0.25) is 0 Å². The van der Waals surface area contributed by atoms with E-state index in [2.05, 4.69) is 0 Å². The lowest BCUT2D eigenvalue weighted by molar-refractivity contribution is 0.0244. The van der Waals surface area contributed by atoms with Crippen molar-refractivity contribution in [2.75, 3.05) is 13.1 Å². The number of rotatable bonds is 1. The summed E-state index contributed by atoms with van der Waals surface area (Å²) in [6.07, 6.45) is 3.07. The van der Waals surface area contributed by atoms with Crippen LogP contribution in [0.15, 0.2) is 11.5 Å². The molecule has 1 heterocycles. The van der Waals surface area contributed by atoms with Crippen LogP contribution in [0.4, 0.5) is 4.79 Å². The van der Waals surface area contributed by atoms with E-state index >= 15 is 0 Å². The second-order valence-corrected chi connectivity index (χ2v) is 5.91. The highest BCUT2D eigenvalue weighted by Gasteiger charge is 2.23. The van der Waals surface area contributed by atoms with Gasteiger partial charge in [0, 0.05) is 13.1 Å². The zero-order valence-electron chi connectivity index (χ0n) is 12.1. The molecule has 0 aliphatic carbocycles. The lowest BCUT2D eigenvalue weighted by Gasteiger charge is -2.29. The fourth-order valence-corrected chi connectivity index (χ4v) is 2.06. The summed E-state index contributed by atoms with van der Waals surface area (Å²) in [4.78, 5) is 13.7. The molecule has 0 bridgehead atoms. The number of ether oxygens (including phenoxy) is 1. The van der Waals surface area contributed by atoms with Crippen LogP contribution in [-0.2, 0) is 4.74 Å². The molecule has 1 aliphatic heterocycles. The first-order chi connectivity index (χ1) is 8.78. The van der Waals surface area contributed by atoms with E-state index in [1.807, 2.05) is 20.8 Å². The van der Waals surface area contributed by atoms with Gasteiger partial charge in [0.15, 0.2) is 0 Å². The highest BCUT2D eigenvalue weighted by molar-refractivity contribution is 6.47. The van der Waals surface area contributed by atoms with Crippen LogP contribution < -0.4 is 0 Å². The predicted octanol–water partition coefficient (Wildman–Crippen LogP) is 1.74. The third-order valence-corrected chi connectivity index (χ3v) is 2.92. The fraction of sp³-hybridized carbons (Fsp3) is 0.769. The first-order valence-corrected chi connectivity index (χ1v) is 6.81. The SMILES string of the molecule is CC(C)(C)OC(=O)N1CCCC/C(=C\B(O)O)CC1. The Kier molecular flexibility index (Phi) is 5.88. The van der Waals surface area contributed by atoms with E-state index in [0.717, 1.165) is 24.8 Å². The van der Waals surface area contributed by atoms with Crippen molar-refractivity contribution in [2.45, 2.75) is 52.1 Å². The van der Waals surface area contributed by atoms with Gasteiger partial charge in [0.25, 0.3) is 0 Å². The zero-order valence-corrected chi connectivity index (χ0v) is 12.1. The Morgan fingerprint density at radius 3 is 2.53 bits per heavy atom. The molecule has 1 fully saturated rings. The molecule has 0 atom stereocenters. The lowest BCUT2D eigenvalue weighted by Crippen LogP contribution is -2.38. The van der Waals surface area contributed by atoms with Crippen molar-refractivity contribution in [1.29, 1.82) is 0 Å². The molecule has 0 radical (unpaired) electrons. The Labute approximate surface area is 115 Å². The van der Waals surface area contributed by atoms with Gasteiger partial charge < -0.3 is 19.7 Å². The minimum absolute atomic E-state index is 0.293. The topological polar surface area (TPSA) is 70.0 Å². The van der Waals surface area contributed by atoms with E-state index in [4.69, 9.17) is 14.8 Å². The van der Waals surface area contributed by atoms with Crippen LogP contribution in [0.1, 0.15) is 46.5 Å². The van der Waals surface area contributed by atoms with Crippen molar-refractivity contribution in [3.63, 3.8) is 0 Å². The van der Waals surface area contributed by atoms with Crippen molar-refractivity contribution in [3.05, 3.63) is 11.5 Å². The van der Waals surface area contributed by atoms with Gasteiger partial charge in [0.1, 0.15) is 5.60 Å². The van der Waals surface area contributed by atoms with Crippen LogP contribution in [0.5, 0.6) is 0 Å². The number of carbonyl (C=O) groups is 1. The monoisotopic (exact) mass is 269 g/mol. The van der Waals surface area contributed by atoms with E-state index in [9.17, 15) is 4.79 Å². The van der Waals surface area contributed by atoms with Crippen LogP contribution in [0.3, 0.4) is 0 Å². The molecule has 108 valence electrons. The second kappa shape index (κ2) is 6.96. The summed E-state index contributed by atoms with van der Waals surface area (Å²) in [7, 11) is -1.41. The predicted molar refractivity (Wildman–Crippen MR) is 74.5 cm³/mol. The fourth-order valence-electron chi connectivity index (χ4n) is 2.06. The van der Waals surface area contributed by atoms with Gasteiger partial charge in [-0.3, -0.25) is 0 Å². The quantitative estimate of drug-likeness (QED) is 0.711. The average Bonchev–Trinajstić information content (AvgIpc) is 2.19. The Morgan fingerprint density at radius 1 is 1.26 bits per heavy atom. The molecule has 1 aliphatic rings. The van der Waals surface area contributed by atoms with Crippen molar-refractivity contribution in [1.82, 2.24) is 4.90 Å². The third kappa shape index (κ3) is 6.64. The first kappa shape index (κ1) is 16.1. The minimum atomic E-state index is -1.41. The summed E-state index contributed by atoms with van der Waals surface area (Å²) in [6, 6.07) is 0. The zero-order chi connectivity index (χ0) is 14.5. The Bertz CT molecular complexity index is 336. The van der Waals surface area contributed by atoms with E-state index in [1.165, 1.54) is 5.98 Å². The number of likely N-dealkylation sites (tertiary alicyclic amines) is 1. The highest BCUT2D eigenvalue weighted by atomic mass is 16.6. The molecule has 0 spiro atoms. The lowest BCUT2D eigenvalue weighted by atomic mass is 9.85. The highest BCUT2D eigenvalue weighted by Crippen LogP contribution is 2.18. The van der Waals surface area contributed by atoms with E-state index < -0.39 is 12.7 Å². The van der Waals surface area contributed by atoms with Gasteiger partial charge in [0.05, 0.1) is 0 Å². The van der Waals surface area contributed by atoms with Gasteiger partial charge in [-0.05, 0) is 46.5 Å². The maximum Gasteiger partial charge on any atom is 0.480 e. The molecular formula is C13H24BNO4. The maximum atomic E-state index is 12.0. The van der Waals surface area contributed by atoms with Crippen LogP contribution >= 0.6 is 0 Å². The molecular weight excluding hydrogens is 245 g/mol. The second-order valence-electron chi connectivity index (χ2n) is 5.91. The summed E-state index contributed by atoms with van der Waals surface area (Å²) in [5.41, 5.74) is 0.502. The number of nitrogens with zero attached hydrogens (tertiary/aromatic N) is 1. The Morgan fingerprint density at radius 2 is 1.95 bits per heavy atom. The van der Waals surface area contributed by atoms with Crippen molar-refractivity contribution in [2.24, 2.45) is 0 Å². The average molecular weight is 269 g/mol. The largest absolute Gasteiger partial charge is 0.480 e. The number of amides is 1. The minimum Gasteiger partial charge on any atom is -0.444 e. The molecule has 2 N–H and O–H groups in total. The van der Waals surface area contributed by atoms with Crippen LogP contribution in [-0.4, -0.2) is 46.9 Å². The van der Waals surface area contributed by atoms with E-state index in [1.54, 1.807) is 4.90 Å². The maximum absolute atomic E-state index is 12.0. The molecule has 19 heavy (non-hydrogen) atoms. The molecule has 1 amide bonds. The normalized spacial score (nSPS) is 19.8. The number of hydrogen-bond donors (Lipinski definition) is 2. The van der Waals surface area contributed by atoms with Gasteiger partial charge in [-0.1, -0.05) is 11.5 Å². The molecule has 6 heteroatoms. The summed E-state index contributed by atoms with van der Waals surface area (Å²) in [5, 5.41) is 17.9. The van der Waals surface area contributed by atoms with Gasteiger partial charge >= 0.3 is 13.2 Å². The van der Waals surface area contributed by atoms with Crippen molar-refractivity contribution in [3.8, 4) is 0 Å². The van der Waals surface area contributed by atoms with Gasteiger partial charge in [-0.15, -0.1) is 0 Å². The molecule has 0 aromatic heterocycles. The number of hydrogen-bond acceptors (Lipinski definition) is 4. The van der Waals surface area contributed by atoms with E-state index in [0.29, 0.717) is 19.5 Å². The third-order valence-electron chi connectivity index (χ3n) is 2.92. The Hall–Kier alpha value is -1.01. The summed E-state index contributed by atoms with van der Waals surface area (Å²) in [6.45, 7) is 6.81. The summed E-state index contributed by atoms with van der Waals surface area (Å²) < 4.78 is 5.36. The summed E-state index contributed by atoms with van der Waals surface area (Å²) in [5.74, 6) is 1.46. The van der Waals surface area contributed by atoms with Gasteiger partial charge in [-0.25, -0.2) is 4.79 Å². The Balaban J connectivity index is 2.59.